The van der Waals surface area contributed by atoms with Crippen LogP contribution in [0.2, 0.25) is 0 Å². The fraction of sp³-hybridized carbons (Fsp3) is 0.548. The minimum absolute atomic E-state index is 0.217. The van der Waals surface area contributed by atoms with Crippen LogP contribution < -0.4 is 0 Å². The third-order valence-electron chi connectivity index (χ3n) is 8.02. The molecule has 4 atom stereocenters. The second-order valence-corrected chi connectivity index (χ2v) is 10.3. The van der Waals surface area contributed by atoms with Gasteiger partial charge in [0.25, 0.3) is 0 Å². The lowest BCUT2D eigenvalue weighted by molar-refractivity contribution is 0.113. The third kappa shape index (κ3) is 6.48. The number of fused-ring (bicyclic) bond motifs is 1. The zero-order valence-corrected chi connectivity index (χ0v) is 19.8. The zero-order valence-electron chi connectivity index (χ0n) is 19.8. The zero-order chi connectivity index (χ0) is 22.2. The Balaban J connectivity index is 1.26. The molecule has 32 heavy (non-hydrogen) atoms. The number of hydrogen-bond donors (Lipinski definition) is 0. The molecule has 0 N–H and O–H groups in total. The molecule has 0 amide bonds. The Morgan fingerprint density at radius 1 is 0.719 bits per heavy atom. The van der Waals surface area contributed by atoms with Crippen LogP contribution in [0.3, 0.4) is 0 Å². The molecule has 2 aliphatic carbocycles. The predicted molar refractivity (Wildman–Crippen MR) is 133 cm³/mol. The number of unbranched alkanes of at least 4 members (excludes halogenated alkanes) is 4. The number of halogens is 1. The first-order valence-electron chi connectivity index (χ1n) is 13.1. The number of rotatable bonds is 7. The minimum Gasteiger partial charge on any atom is -0.207 e. The van der Waals surface area contributed by atoms with Crippen LogP contribution in [0.4, 0.5) is 4.39 Å². The highest BCUT2D eigenvalue weighted by Gasteiger charge is 2.35. The highest BCUT2D eigenvalue weighted by molar-refractivity contribution is 5.43. The van der Waals surface area contributed by atoms with E-state index >= 15 is 0 Å². The summed E-state index contributed by atoms with van der Waals surface area (Å²) >= 11 is 0. The fourth-order valence-corrected chi connectivity index (χ4v) is 6.10. The van der Waals surface area contributed by atoms with Crippen molar-refractivity contribution in [2.75, 3.05) is 0 Å². The second kappa shape index (κ2) is 11.7. The lowest BCUT2D eigenvalue weighted by Crippen LogP contribution is -2.30. The molecule has 170 valence electrons. The van der Waals surface area contributed by atoms with Crippen molar-refractivity contribution >= 4 is 0 Å². The molecule has 0 radical (unpaired) electrons. The first-order valence-corrected chi connectivity index (χ1v) is 13.1. The molecule has 0 bridgehead atoms. The molecule has 4 rings (SSSR count). The van der Waals surface area contributed by atoms with Gasteiger partial charge in [-0.1, -0.05) is 75.8 Å². The van der Waals surface area contributed by atoms with Gasteiger partial charge in [0.15, 0.2) is 0 Å². The van der Waals surface area contributed by atoms with Crippen molar-refractivity contribution < 1.29 is 4.39 Å². The monoisotopic (exact) mass is 430 g/mol. The van der Waals surface area contributed by atoms with E-state index in [1.54, 1.807) is 12.1 Å². The third-order valence-corrected chi connectivity index (χ3v) is 8.02. The van der Waals surface area contributed by atoms with Crippen molar-refractivity contribution in [2.45, 2.75) is 89.9 Å². The maximum Gasteiger partial charge on any atom is 0.123 e. The van der Waals surface area contributed by atoms with Crippen molar-refractivity contribution in [3.63, 3.8) is 0 Å². The van der Waals surface area contributed by atoms with Crippen LogP contribution in [-0.2, 0) is 0 Å². The van der Waals surface area contributed by atoms with E-state index < -0.39 is 0 Å². The van der Waals surface area contributed by atoms with Gasteiger partial charge in [0.05, 0.1) is 0 Å². The van der Waals surface area contributed by atoms with Crippen LogP contribution >= 0.6 is 0 Å². The van der Waals surface area contributed by atoms with Gasteiger partial charge in [0.2, 0.25) is 0 Å². The summed E-state index contributed by atoms with van der Waals surface area (Å²) in [6, 6.07) is 15.3. The highest BCUT2D eigenvalue weighted by atomic mass is 19.1. The largest absolute Gasteiger partial charge is 0.207 e. The Hall–Kier alpha value is -2.07. The summed E-state index contributed by atoms with van der Waals surface area (Å²) in [5.41, 5.74) is 3.38. The van der Waals surface area contributed by atoms with Crippen molar-refractivity contribution in [1.82, 2.24) is 0 Å². The molecule has 0 nitrogen and oxygen atoms in total. The Kier molecular flexibility index (Phi) is 8.44. The maximum absolute atomic E-state index is 13.0. The molecule has 2 fully saturated rings. The lowest BCUT2D eigenvalue weighted by Gasteiger charge is -2.42. The molecular weight excluding hydrogens is 391 g/mol. The van der Waals surface area contributed by atoms with Crippen LogP contribution in [0, 0.1) is 35.4 Å². The van der Waals surface area contributed by atoms with Gasteiger partial charge in [-0.2, -0.15) is 0 Å². The second-order valence-electron chi connectivity index (χ2n) is 10.3. The van der Waals surface area contributed by atoms with Crippen LogP contribution in [0.1, 0.15) is 107 Å². The van der Waals surface area contributed by atoms with Gasteiger partial charge in [0, 0.05) is 11.1 Å². The normalized spacial score (nSPS) is 24.9. The van der Waals surface area contributed by atoms with E-state index in [2.05, 4.69) is 43.0 Å². The van der Waals surface area contributed by atoms with Crippen molar-refractivity contribution in [2.24, 2.45) is 17.8 Å². The van der Waals surface area contributed by atoms with Gasteiger partial charge in [-0.05, 0) is 97.7 Å². The van der Waals surface area contributed by atoms with E-state index in [9.17, 15) is 4.39 Å². The molecule has 2 aromatic carbocycles. The summed E-state index contributed by atoms with van der Waals surface area (Å²) in [6.45, 7) is 2.30. The fourth-order valence-electron chi connectivity index (χ4n) is 6.10. The molecule has 2 aromatic rings. The Labute approximate surface area is 195 Å². The van der Waals surface area contributed by atoms with Crippen molar-refractivity contribution in [3.05, 3.63) is 71.0 Å². The van der Waals surface area contributed by atoms with Gasteiger partial charge in [-0.25, -0.2) is 4.39 Å². The van der Waals surface area contributed by atoms with Crippen molar-refractivity contribution in [3.8, 4) is 11.8 Å². The predicted octanol–water partition coefficient (Wildman–Crippen LogP) is 8.89. The molecule has 1 heteroatoms. The Morgan fingerprint density at radius 2 is 1.34 bits per heavy atom. The van der Waals surface area contributed by atoms with E-state index in [0.717, 1.165) is 34.8 Å². The summed E-state index contributed by atoms with van der Waals surface area (Å²) in [5.74, 6) is 9.80. The van der Waals surface area contributed by atoms with E-state index in [0.29, 0.717) is 0 Å². The number of hydrogen-bond acceptors (Lipinski definition) is 0. The quantitative estimate of drug-likeness (QED) is 0.304. The minimum atomic E-state index is -0.217. The Morgan fingerprint density at radius 3 is 2.06 bits per heavy atom. The van der Waals surface area contributed by atoms with Crippen LogP contribution in [0.5, 0.6) is 0 Å². The van der Waals surface area contributed by atoms with E-state index in [4.69, 9.17) is 0 Å². The van der Waals surface area contributed by atoms with Gasteiger partial charge in [-0.3, -0.25) is 0 Å². The first-order chi connectivity index (χ1) is 15.7. The highest BCUT2D eigenvalue weighted by Crippen LogP contribution is 2.48. The Bertz CT molecular complexity index is 883. The first kappa shape index (κ1) is 23.1. The topological polar surface area (TPSA) is 0 Å². The van der Waals surface area contributed by atoms with E-state index in [1.807, 2.05) is 0 Å². The lowest BCUT2D eigenvalue weighted by atomic mass is 9.63. The van der Waals surface area contributed by atoms with Crippen molar-refractivity contribution in [1.29, 1.82) is 0 Å². The van der Waals surface area contributed by atoms with Gasteiger partial charge >= 0.3 is 0 Å². The SMILES string of the molecule is CCCCCCCC1CCC2CC(c3ccc(C#Cc4ccc(F)cc4)cc3)CCC2C1. The molecule has 0 aromatic heterocycles. The molecule has 2 saturated carbocycles. The van der Waals surface area contributed by atoms with E-state index in [-0.39, 0.29) is 5.82 Å². The molecule has 0 saturated heterocycles. The summed E-state index contributed by atoms with van der Waals surface area (Å²) in [4.78, 5) is 0. The van der Waals surface area contributed by atoms with Gasteiger partial charge in [-0.15, -0.1) is 0 Å². The van der Waals surface area contributed by atoms with Crippen LogP contribution in [0.25, 0.3) is 0 Å². The molecule has 2 aliphatic rings. The van der Waals surface area contributed by atoms with Gasteiger partial charge < -0.3 is 0 Å². The molecular formula is C31H39F. The van der Waals surface area contributed by atoms with Crippen LogP contribution in [-0.4, -0.2) is 0 Å². The molecule has 0 spiro atoms. The van der Waals surface area contributed by atoms with Gasteiger partial charge in [0.1, 0.15) is 5.82 Å². The summed E-state index contributed by atoms with van der Waals surface area (Å²) < 4.78 is 13.0. The smallest absolute Gasteiger partial charge is 0.123 e. The summed E-state index contributed by atoms with van der Waals surface area (Å²) in [7, 11) is 0. The average molecular weight is 431 g/mol. The summed E-state index contributed by atoms with van der Waals surface area (Å²) in [6.07, 6.45) is 17.2. The number of benzene rings is 2. The average Bonchev–Trinajstić information content (AvgIpc) is 2.83. The van der Waals surface area contributed by atoms with E-state index in [1.165, 1.54) is 94.7 Å². The molecule has 0 heterocycles. The van der Waals surface area contributed by atoms with Crippen LogP contribution in [0.15, 0.2) is 48.5 Å². The molecule has 0 aliphatic heterocycles. The maximum atomic E-state index is 13.0. The molecule has 4 unspecified atom stereocenters. The standard InChI is InChI=1S/C31H39F/c1-2-3-4-5-6-7-26-12-17-30-23-29(19-18-28(30)22-26)27-15-10-24(11-16-27)8-9-25-13-20-31(32)21-14-25/h10-11,13-16,20-21,26,28-30H,2-7,12,17-19,22-23H2,1H3. The summed E-state index contributed by atoms with van der Waals surface area (Å²) in [5, 5.41) is 0.